The molecule has 3 rings (SSSR count). The van der Waals surface area contributed by atoms with Gasteiger partial charge in [-0.05, 0) is 18.2 Å². The average Bonchev–Trinajstić information content (AvgIpc) is 2.69. The van der Waals surface area contributed by atoms with Crippen LogP contribution in [0.3, 0.4) is 0 Å². The zero-order valence-electron chi connectivity index (χ0n) is 15.1. The van der Waals surface area contributed by atoms with Crippen LogP contribution in [-0.2, 0) is 16.0 Å². The number of benzene rings is 2. The Balaban J connectivity index is 1.78. The lowest BCUT2D eigenvalue weighted by molar-refractivity contribution is -0.140. The topological polar surface area (TPSA) is 122 Å². The summed E-state index contributed by atoms with van der Waals surface area (Å²) in [4.78, 5) is 30.6. The van der Waals surface area contributed by atoms with E-state index >= 15 is 0 Å². The summed E-state index contributed by atoms with van der Waals surface area (Å²) in [5, 5.41) is 17.9. The number of carbonyl (C=O) groups is 2. The second-order valence-electron chi connectivity index (χ2n) is 5.90. The summed E-state index contributed by atoms with van der Waals surface area (Å²) in [6, 6.07) is 17.0. The van der Waals surface area contributed by atoms with Gasteiger partial charge in [-0.2, -0.15) is 5.26 Å². The molecule has 0 fully saturated rings. The lowest BCUT2D eigenvalue weighted by atomic mass is 10.1. The molecular weight excluding hydrogens is 374 g/mol. The molecule has 0 aliphatic rings. The smallest absolute Gasteiger partial charge is 0.310 e. The Morgan fingerprint density at radius 3 is 2.28 bits per heavy atom. The van der Waals surface area contributed by atoms with E-state index in [1.165, 1.54) is 12.4 Å². The van der Waals surface area contributed by atoms with Gasteiger partial charge in [-0.15, -0.1) is 0 Å². The van der Waals surface area contributed by atoms with Crippen LogP contribution in [0.25, 0.3) is 0 Å². The number of rotatable bonds is 8. The number of hydrogen-bond acceptors (Lipinski definition) is 7. The van der Waals surface area contributed by atoms with Gasteiger partial charge in [0.05, 0.1) is 11.6 Å². The molecular formula is C21H15N3O5. The number of nitrogens with zero attached hydrogens (tertiary/aromatic N) is 3. The highest BCUT2D eigenvalue weighted by atomic mass is 16.5. The number of ether oxygens (including phenoxy) is 2. The third-order valence-electron chi connectivity index (χ3n) is 3.76. The Bertz CT molecular complexity index is 1090. The number of carbonyl (C=O) groups excluding carboxylic acids is 1. The van der Waals surface area contributed by atoms with Crippen LogP contribution >= 0.6 is 0 Å². The van der Waals surface area contributed by atoms with Crippen LogP contribution in [0.4, 0.5) is 0 Å². The molecule has 29 heavy (non-hydrogen) atoms. The molecule has 0 bridgehead atoms. The first-order chi connectivity index (χ1) is 14.0. The Kier molecular flexibility index (Phi) is 6.12. The van der Waals surface area contributed by atoms with Gasteiger partial charge in [0.25, 0.3) is 0 Å². The summed E-state index contributed by atoms with van der Waals surface area (Å²) < 4.78 is 11.4. The Morgan fingerprint density at radius 1 is 0.966 bits per heavy atom. The van der Waals surface area contributed by atoms with Gasteiger partial charge >= 0.3 is 5.97 Å². The normalized spacial score (nSPS) is 10.0. The molecule has 0 spiro atoms. The van der Waals surface area contributed by atoms with Crippen LogP contribution in [0.2, 0.25) is 0 Å². The fraction of sp³-hybridized carbons (Fsp3) is 0.0952. The molecule has 2 aromatic carbocycles. The van der Waals surface area contributed by atoms with Crippen molar-refractivity contribution in [2.24, 2.45) is 0 Å². The van der Waals surface area contributed by atoms with Crippen molar-refractivity contribution >= 4 is 11.8 Å². The molecule has 1 heterocycles. The van der Waals surface area contributed by atoms with Gasteiger partial charge in [0.2, 0.25) is 11.8 Å². The van der Waals surface area contributed by atoms with Crippen molar-refractivity contribution in [3.63, 3.8) is 0 Å². The molecule has 0 atom stereocenters. The van der Waals surface area contributed by atoms with Gasteiger partial charge in [-0.25, -0.2) is 9.97 Å². The fourth-order valence-corrected chi connectivity index (χ4v) is 2.50. The van der Waals surface area contributed by atoms with Crippen LogP contribution in [0.1, 0.15) is 17.5 Å². The number of aromatic nitrogens is 2. The number of Topliss-reactive ketones (excluding diaryl/α,β-unsaturated/α-hetero) is 1. The maximum absolute atomic E-state index is 11.8. The standard InChI is InChI=1S/C21H15N3O5/c22-12-15-6-2-4-8-18(15)29-20-11-19(23-13-24-20)28-17-7-3-1-5-14(17)9-16(25)10-21(26)27/h1-8,11,13H,9-10H2,(H,26,27). The minimum Gasteiger partial charge on any atom is -0.481 e. The number of hydrogen-bond donors (Lipinski definition) is 1. The van der Waals surface area contributed by atoms with Crippen molar-refractivity contribution in [1.82, 2.24) is 9.97 Å². The van der Waals surface area contributed by atoms with Crippen molar-refractivity contribution in [2.75, 3.05) is 0 Å². The van der Waals surface area contributed by atoms with Crippen molar-refractivity contribution < 1.29 is 24.2 Å². The number of para-hydroxylation sites is 2. The Morgan fingerprint density at radius 2 is 1.59 bits per heavy atom. The highest BCUT2D eigenvalue weighted by Crippen LogP contribution is 2.28. The monoisotopic (exact) mass is 389 g/mol. The van der Waals surface area contributed by atoms with E-state index in [0.717, 1.165) is 0 Å². The van der Waals surface area contributed by atoms with Gasteiger partial charge in [0.1, 0.15) is 36.1 Å². The van der Waals surface area contributed by atoms with Crippen LogP contribution in [0.15, 0.2) is 60.9 Å². The molecule has 1 N–H and O–H groups in total. The molecule has 1 aromatic heterocycles. The molecule has 0 saturated carbocycles. The third-order valence-corrected chi connectivity index (χ3v) is 3.76. The third kappa shape index (κ3) is 5.37. The number of ketones is 1. The zero-order chi connectivity index (χ0) is 20.6. The number of aliphatic carboxylic acids is 1. The second-order valence-corrected chi connectivity index (χ2v) is 5.90. The van der Waals surface area contributed by atoms with E-state index in [1.807, 2.05) is 6.07 Å². The first kappa shape index (κ1) is 19.5. The maximum Gasteiger partial charge on any atom is 0.310 e. The van der Waals surface area contributed by atoms with Gasteiger partial charge < -0.3 is 14.6 Å². The Hall–Kier alpha value is -4.25. The quantitative estimate of drug-likeness (QED) is 0.581. The van der Waals surface area contributed by atoms with E-state index in [-0.39, 0.29) is 18.2 Å². The summed E-state index contributed by atoms with van der Waals surface area (Å²) in [7, 11) is 0. The molecule has 3 aromatic rings. The van der Waals surface area contributed by atoms with Gasteiger partial charge in [-0.1, -0.05) is 30.3 Å². The van der Waals surface area contributed by atoms with Crippen molar-refractivity contribution in [3.05, 3.63) is 72.1 Å². The van der Waals surface area contributed by atoms with Gasteiger partial charge in [0.15, 0.2) is 0 Å². The molecule has 0 unspecified atom stereocenters. The molecule has 0 aliphatic heterocycles. The summed E-state index contributed by atoms with van der Waals surface area (Å²) >= 11 is 0. The van der Waals surface area contributed by atoms with Crippen LogP contribution in [-0.4, -0.2) is 26.8 Å². The van der Waals surface area contributed by atoms with E-state index in [4.69, 9.17) is 19.8 Å². The van der Waals surface area contributed by atoms with E-state index < -0.39 is 18.2 Å². The second kappa shape index (κ2) is 9.10. The largest absolute Gasteiger partial charge is 0.481 e. The van der Waals surface area contributed by atoms with Crippen LogP contribution < -0.4 is 9.47 Å². The molecule has 144 valence electrons. The van der Waals surface area contributed by atoms with Gasteiger partial charge in [0, 0.05) is 12.0 Å². The molecule has 0 saturated heterocycles. The molecule has 8 heteroatoms. The van der Waals surface area contributed by atoms with E-state index in [2.05, 4.69) is 9.97 Å². The minimum absolute atomic E-state index is 0.0769. The number of carboxylic acids is 1. The first-order valence-corrected chi connectivity index (χ1v) is 8.53. The highest BCUT2D eigenvalue weighted by molar-refractivity contribution is 5.96. The zero-order valence-corrected chi connectivity index (χ0v) is 15.1. The van der Waals surface area contributed by atoms with Gasteiger partial charge in [-0.3, -0.25) is 9.59 Å². The van der Waals surface area contributed by atoms with Crippen molar-refractivity contribution in [1.29, 1.82) is 5.26 Å². The Labute approximate surface area is 166 Å². The SMILES string of the molecule is N#Cc1ccccc1Oc1cc(Oc2ccccc2CC(=O)CC(=O)O)ncn1. The predicted octanol–water partition coefficient (Wildman–Crippen LogP) is 3.52. The van der Waals surface area contributed by atoms with E-state index in [9.17, 15) is 9.59 Å². The maximum atomic E-state index is 11.8. The lowest BCUT2D eigenvalue weighted by Crippen LogP contribution is -2.10. The fourth-order valence-electron chi connectivity index (χ4n) is 2.50. The highest BCUT2D eigenvalue weighted by Gasteiger charge is 2.14. The summed E-state index contributed by atoms with van der Waals surface area (Å²) in [6.45, 7) is 0. The summed E-state index contributed by atoms with van der Waals surface area (Å²) in [5.41, 5.74) is 0.894. The molecule has 0 amide bonds. The van der Waals surface area contributed by atoms with Crippen molar-refractivity contribution in [3.8, 4) is 29.3 Å². The number of nitriles is 1. The van der Waals surface area contributed by atoms with Crippen molar-refractivity contribution in [2.45, 2.75) is 12.8 Å². The first-order valence-electron chi connectivity index (χ1n) is 8.53. The lowest BCUT2D eigenvalue weighted by Gasteiger charge is -2.11. The summed E-state index contributed by atoms with van der Waals surface area (Å²) in [5.74, 6) is -0.552. The molecule has 0 radical (unpaired) electrons. The van der Waals surface area contributed by atoms with E-state index in [1.54, 1.807) is 48.5 Å². The van der Waals surface area contributed by atoms with Crippen LogP contribution in [0, 0.1) is 11.3 Å². The average molecular weight is 389 g/mol. The number of carboxylic acid groups (broad SMARTS) is 1. The summed E-state index contributed by atoms with van der Waals surface area (Å²) in [6.07, 6.45) is 0.614. The van der Waals surface area contributed by atoms with E-state index in [0.29, 0.717) is 22.6 Å². The molecule has 0 aliphatic carbocycles. The predicted molar refractivity (Wildman–Crippen MR) is 101 cm³/mol. The molecule has 8 nitrogen and oxygen atoms in total. The van der Waals surface area contributed by atoms with Crippen LogP contribution in [0.5, 0.6) is 23.3 Å². The minimum atomic E-state index is -1.18.